The molecule has 3 rings (SSSR count). The highest BCUT2D eigenvalue weighted by molar-refractivity contribution is 5.75. The van der Waals surface area contributed by atoms with Gasteiger partial charge in [0.25, 0.3) is 0 Å². The number of methoxy groups -OCH3 is 1. The maximum atomic E-state index is 10.9. The zero-order valence-electron chi connectivity index (χ0n) is 11.3. The third-order valence-electron chi connectivity index (χ3n) is 3.55. The second-order valence-electron chi connectivity index (χ2n) is 4.84. The summed E-state index contributed by atoms with van der Waals surface area (Å²) in [5.74, 6) is 1.78. The van der Waals surface area contributed by atoms with Crippen LogP contribution in [0.2, 0.25) is 0 Å². The molecule has 2 heterocycles. The van der Waals surface area contributed by atoms with Gasteiger partial charge in [0.2, 0.25) is 0 Å². The quantitative estimate of drug-likeness (QED) is 0.780. The molecule has 0 spiro atoms. The van der Waals surface area contributed by atoms with Crippen molar-refractivity contribution in [2.75, 3.05) is 13.7 Å². The molecule has 6 heteroatoms. The van der Waals surface area contributed by atoms with Gasteiger partial charge < -0.3 is 9.30 Å². The first-order valence-electron chi connectivity index (χ1n) is 6.51. The lowest BCUT2D eigenvalue weighted by Gasteiger charge is -2.27. The Morgan fingerprint density at radius 3 is 3.10 bits per heavy atom. The second-order valence-corrected chi connectivity index (χ2v) is 4.84. The van der Waals surface area contributed by atoms with Gasteiger partial charge >= 0.3 is 0 Å². The largest absolute Gasteiger partial charge is 0.496 e. The number of ether oxygens (including phenoxy) is 1. The molecule has 0 atom stereocenters. The van der Waals surface area contributed by atoms with Crippen molar-refractivity contribution in [2.45, 2.75) is 19.6 Å². The summed E-state index contributed by atoms with van der Waals surface area (Å²) < 4.78 is 7.43. The number of carbonyl (C=O) groups is 1. The van der Waals surface area contributed by atoms with E-state index in [4.69, 9.17) is 4.74 Å². The summed E-state index contributed by atoms with van der Waals surface area (Å²) in [6.07, 6.45) is 2.62. The first-order chi connectivity index (χ1) is 9.80. The Morgan fingerprint density at radius 2 is 2.30 bits per heavy atom. The summed E-state index contributed by atoms with van der Waals surface area (Å²) in [5.41, 5.74) is 1.69. The number of rotatable bonds is 4. The number of benzene rings is 1. The van der Waals surface area contributed by atoms with Crippen LogP contribution in [0.4, 0.5) is 0 Å². The van der Waals surface area contributed by atoms with Gasteiger partial charge in [-0.15, -0.1) is 10.2 Å². The monoisotopic (exact) mass is 272 g/mol. The Kier molecular flexibility index (Phi) is 3.47. The molecule has 104 valence electrons. The molecule has 0 N–H and O–H groups in total. The van der Waals surface area contributed by atoms with Crippen molar-refractivity contribution in [2.24, 2.45) is 0 Å². The van der Waals surface area contributed by atoms with E-state index in [1.54, 1.807) is 19.5 Å². The molecule has 1 aliphatic rings. The van der Waals surface area contributed by atoms with E-state index >= 15 is 0 Å². The van der Waals surface area contributed by atoms with E-state index in [1.165, 1.54) is 0 Å². The number of hydrogen-bond donors (Lipinski definition) is 0. The molecular formula is C14H16N4O2. The number of fused-ring (bicyclic) bond motifs is 1. The zero-order chi connectivity index (χ0) is 13.9. The van der Waals surface area contributed by atoms with Crippen molar-refractivity contribution >= 4 is 6.29 Å². The van der Waals surface area contributed by atoms with Crippen LogP contribution in [-0.2, 0) is 19.6 Å². The van der Waals surface area contributed by atoms with Crippen molar-refractivity contribution in [1.82, 2.24) is 19.7 Å². The topological polar surface area (TPSA) is 60.2 Å². The minimum absolute atomic E-state index is 0.668. The number of aldehydes is 1. The molecule has 1 aliphatic heterocycles. The standard InChI is InChI=1S/C14H16N4O2/c1-20-13-3-2-11(9-19)6-12(13)7-17-4-5-18-10-15-16-14(18)8-17/h2-3,6,9-10H,4-5,7-8H2,1H3. The summed E-state index contributed by atoms with van der Waals surface area (Å²) in [6.45, 7) is 3.31. The average Bonchev–Trinajstić information content (AvgIpc) is 2.94. The third kappa shape index (κ3) is 2.42. The molecule has 1 aromatic heterocycles. The van der Waals surface area contributed by atoms with Gasteiger partial charge in [0.1, 0.15) is 24.2 Å². The van der Waals surface area contributed by atoms with Crippen LogP contribution in [-0.4, -0.2) is 39.6 Å². The van der Waals surface area contributed by atoms with Crippen molar-refractivity contribution in [3.8, 4) is 5.75 Å². The lowest BCUT2D eigenvalue weighted by molar-refractivity contribution is 0.112. The van der Waals surface area contributed by atoms with Crippen molar-refractivity contribution in [3.63, 3.8) is 0 Å². The summed E-state index contributed by atoms with van der Waals surface area (Å²) in [7, 11) is 1.65. The Labute approximate surface area is 117 Å². The van der Waals surface area contributed by atoms with Crippen LogP contribution < -0.4 is 4.74 Å². The molecule has 0 amide bonds. The van der Waals surface area contributed by atoms with Crippen LogP contribution in [0.25, 0.3) is 0 Å². The molecule has 0 unspecified atom stereocenters. The van der Waals surface area contributed by atoms with Gasteiger partial charge in [0.05, 0.1) is 13.7 Å². The molecule has 1 aromatic carbocycles. The molecule has 2 aromatic rings. The van der Waals surface area contributed by atoms with Crippen LogP contribution in [0.1, 0.15) is 21.7 Å². The minimum atomic E-state index is 0.668. The van der Waals surface area contributed by atoms with E-state index < -0.39 is 0 Å². The first kappa shape index (κ1) is 12.8. The molecule has 0 aliphatic carbocycles. The lowest BCUT2D eigenvalue weighted by atomic mass is 10.1. The summed E-state index contributed by atoms with van der Waals surface area (Å²) in [6, 6.07) is 5.48. The maximum absolute atomic E-state index is 10.9. The van der Waals surface area contributed by atoms with E-state index in [1.807, 2.05) is 12.1 Å². The number of carbonyl (C=O) groups excluding carboxylic acids is 1. The number of hydrogen-bond acceptors (Lipinski definition) is 5. The molecule has 0 radical (unpaired) electrons. The Bertz CT molecular complexity index is 623. The number of aromatic nitrogens is 3. The highest BCUT2D eigenvalue weighted by atomic mass is 16.5. The average molecular weight is 272 g/mol. The Morgan fingerprint density at radius 1 is 1.40 bits per heavy atom. The van der Waals surface area contributed by atoms with Gasteiger partial charge in [-0.2, -0.15) is 0 Å². The van der Waals surface area contributed by atoms with Crippen molar-refractivity contribution < 1.29 is 9.53 Å². The van der Waals surface area contributed by atoms with E-state index in [9.17, 15) is 4.79 Å². The zero-order valence-corrected chi connectivity index (χ0v) is 11.3. The highest BCUT2D eigenvalue weighted by Crippen LogP contribution is 2.22. The maximum Gasteiger partial charge on any atom is 0.150 e. The van der Waals surface area contributed by atoms with E-state index in [-0.39, 0.29) is 0 Å². The Hall–Kier alpha value is -2.21. The minimum Gasteiger partial charge on any atom is -0.496 e. The highest BCUT2D eigenvalue weighted by Gasteiger charge is 2.18. The smallest absolute Gasteiger partial charge is 0.150 e. The molecule has 20 heavy (non-hydrogen) atoms. The summed E-state index contributed by atoms with van der Waals surface area (Å²) >= 11 is 0. The van der Waals surface area contributed by atoms with E-state index in [0.29, 0.717) is 5.56 Å². The Balaban J connectivity index is 1.79. The molecule has 0 saturated carbocycles. The van der Waals surface area contributed by atoms with Crippen molar-refractivity contribution in [3.05, 3.63) is 41.5 Å². The van der Waals surface area contributed by atoms with Gasteiger partial charge in [0, 0.05) is 30.8 Å². The van der Waals surface area contributed by atoms with Crippen LogP contribution in [0.3, 0.4) is 0 Å². The summed E-state index contributed by atoms with van der Waals surface area (Å²) in [4.78, 5) is 13.2. The van der Waals surface area contributed by atoms with Crippen LogP contribution in [0, 0.1) is 0 Å². The second kappa shape index (κ2) is 5.42. The predicted molar refractivity (Wildman–Crippen MR) is 72.5 cm³/mol. The molecule has 6 nitrogen and oxygen atoms in total. The molecular weight excluding hydrogens is 256 g/mol. The first-order valence-corrected chi connectivity index (χ1v) is 6.51. The third-order valence-corrected chi connectivity index (χ3v) is 3.55. The van der Waals surface area contributed by atoms with Gasteiger partial charge in [0.15, 0.2) is 0 Å². The van der Waals surface area contributed by atoms with Gasteiger partial charge in [-0.25, -0.2) is 0 Å². The van der Waals surface area contributed by atoms with Gasteiger partial charge in [-0.1, -0.05) is 0 Å². The molecule has 0 saturated heterocycles. The lowest BCUT2D eigenvalue weighted by Crippen LogP contribution is -2.33. The van der Waals surface area contributed by atoms with E-state index in [2.05, 4.69) is 19.7 Å². The van der Waals surface area contributed by atoms with Crippen LogP contribution in [0.15, 0.2) is 24.5 Å². The van der Waals surface area contributed by atoms with Gasteiger partial charge in [-0.05, 0) is 18.2 Å². The SMILES string of the molecule is COc1ccc(C=O)cc1CN1CCn2cnnc2C1. The van der Waals surface area contributed by atoms with Crippen molar-refractivity contribution in [1.29, 1.82) is 0 Å². The van der Waals surface area contributed by atoms with E-state index in [0.717, 1.165) is 49.6 Å². The summed E-state index contributed by atoms with van der Waals surface area (Å²) in [5, 5.41) is 8.03. The fourth-order valence-corrected chi connectivity index (χ4v) is 2.49. The predicted octanol–water partition coefficient (Wildman–Crippen LogP) is 1.11. The van der Waals surface area contributed by atoms with Crippen LogP contribution in [0.5, 0.6) is 5.75 Å². The normalized spacial score (nSPS) is 14.8. The number of nitrogens with zero attached hydrogens (tertiary/aromatic N) is 4. The fraction of sp³-hybridized carbons (Fsp3) is 0.357. The van der Waals surface area contributed by atoms with Gasteiger partial charge in [-0.3, -0.25) is 9.69 Å². The fourth-order valence-electron chi connectivity index (χ4n) is 2.49. The molecule has 0 bridgehead atoms. The molecule has 0 fully saturated rings. The van der Waals surface area contributed by atoms with Crippen LogP contribution >= 0.6 is 0 Å².